The van der Waals surface area contributed by atoms with Crippen molar-refractivity contribution in [3.05, 3.63) is 35.4 Å². The number of nitrogens with zero attached hydrogens (tertiary/aromatic N) is 1. The van der Waals surface area contributed by atoms with Gasteiger partial charge < -0.3 is 5.73 Å². The van der Waals surface area contributed by atoms with Gasteiger partial charge in [-0.3, -0.25) is 4.90 Å². The maximum atomic E-state index is 14.0. The summed E-state index contributed by atoms with van der Waals surface area (Å²) in [5.74, 6) is -0.896. The number of nitrogens with two attached hydrogens (primary N) is 1. The van der Waals surface area contributed by atoms with Crippen molar-refractivity contribution in [1.29, 1.82) is 0 Å². The first kappa shape index (κ1) is 16.4. The Bertz CT molecular complexity index is 436. The molecule has 118 valence electrons. The smallest absolute Gasteiger partial charge is 0.130 e. The normalized spacial score (nSPS) is 24.3. The van der Waals surface area contributed by atoms with E-state index >= 15 is 0 Å². The Labute approximate surface area is 126 Å². The Morgan fingerprint density at radius 2 is 1.76 bits per heavy atom. The summed E-state index contributed by atoms with van der Waals surface area (Å²) >= 11 is 0. The molecule has 1 aromatic rings. The van der Waals surface area contributed by atoms with E-state index in [-0.39, 0.29) is 17.6 Å². The topological polar surface area (TPSA) is 29.3 Å². The Morgan fingerprint density at radius 1 is 1.19 bits per heavy atom. The highest BCUT2D eigenvalue weighted by atomic mass is 19.1. The number of benzene rings is 1. The molecule has 2 rings (SSSR count). The average Bonchev–Trinajstić information content (AvgIpc) is 2.45. The van der Waals surface area contributed by atoms with Crippen molar-refractivity contribution in [2.45, 2.75) is 64.1 Å². The molecule has 0 spiro atoms. The van der Waals surface area contributed by atoms with E-state index in [0.29, 0.717) is 6.04 Å². The van der Waals surface area contributed by atoms with Crippen molar-refractivity contribution in [2.24, 2.45) is 5.73 Å². The molecule has 21 heavy (non-hydrogen) atoms. The van der Waals surface area contributed by atoms with Crippen LogP contribution in [0.5, 0.6) is 0 Å². The minimum absolute atomic E-state index is 0.195. The summed E-state index contributed by atoms with van der Waals surface area (Å²) in [4.78, 5) is 2.26. The molecule has 0 aliphatic heterocycles. The zero-order chi connectivity index (χ0) is 15.4. The maximum Gasteiger partial charge on any atom is 0.130 e. The SMILES string of the molecule is CCCN(C1CCC(N)CC1)C(C)c1c(F)cccc1F. The molecule has 1 atom stereocenters. The molecule has 0 radical (unpaired) electrons. The minimum Gasteiger partial charge on any atom is -0.328 e. The van der Waals surface area contributed by atoms with Crippen molar-refractivity contribution < 1.29 is 8.78 Å². The zero-order valence-electron chi connectivity index (χ0n) is 13.0. The van der Waals surface area contributed by atoms with Gasteiger partial charge in [0.1, 0.15) is 11.6 Å². The molecule has 1 aromatic carbocycles. The summed E-state index contributed by atoms with van der Waals surface area (Å²) in [6.07, 6.45) is 5.00. The van der Waals surface area contributed by atoms with Gasteiger partial charge in [0.05, 0.1) is 0 Å². The van der Waals surface area contributed by atoms with Crippen molar-refractivity contribution >= 4 is 0 Å². The predicted octanol–water partition coefficient (Wildman–Crippen LogP) is 4.01. The van der Waals surface area contributed by atoms with Crippen molar-refractivity contribution in [1.82, 2.24) is 4.90 Å². The molecule has 1 saturated carbocycles. The van der Waals surface area contributed by atoms with E-state index in [1.807, 2.05) is 6.92 Å². The Kier molecular flexibility index (Phi) is 5.71. The molecule has 0 aromatic heterocycles. The zero-order valence-corrected chi connectivity index (χ0v) is 13.0. The van der Waals surface area contributed by atoms with Crippen molar-refractivity contribution in [2.75, 3.05) is 6.54 Å². The van der Waals surface area contributed by atoms with E-state index in [0.717, 1.165) is 38.6 Å². The fraction of sp³-hybridized carbons (Fsp3) is 0.647. The lowest BCUT2D eigenvalue weighted by Gasteiger charge is -2.40. The highest BCUT2D eigenvalue weighted by Gasteiger charge is 2.30. The third kappa shape index (κ3) is 3.80. The Balaban J connectivity index is 2.21. The van der Waals surface area contributed by atoms with Gasteiger partial charge in [0.2, 0.25) is 0 Å². The third-order valence-electron chi connectivity index (χ3n) is 4.61. The van der Waals surface area contributed by atoms with Gasteiger partial charge in [0.15, 0.2) is 0 Å². The molecule has 0 saturated heterocycles. The first-order valence-electron chi connectivity index (χ1n) is 7.99. The van der Waals surface area contributed by atoms with Gasteiger partial charge in [-0.15, -0.1) is 0 Å². The second-order valence-electron chi connectivity index (χ2n) is 6.12. The lowest BCUT2D eigenvalue weighted by Crippen LogP contribution is -2.43. The van der Waals surface area contributed by atoms with Crippen LogP contribution < -0.4 is 5.73 Å². The van der Waals surface area contributed by atoms with Gasteiger partial charge in [0, 0.05) is 23.7 Å². The quantitative estimate of drug-likeness (QED) is 0.889. The van der Waals surface area contributed by atoms with Crippen LogP contribution in [0, 0.1) is 11.6 Å². The number of hydrogen-bond acceptors (Lipinski definition) is 2. The summed E-state index contributed by atoms with van der Waals surface area (Å²) in [6, 6.07) is 4.52. The highest BCUT2D eigenvalue weighted by Crippen LogP contribution is 2.32. The maximum absolute atomic E-state index is 14.0. The standard InChI is InChI=1S/C17H26F2N2/c1-3-11-21(14-9-7-13(20)8-10-14)12(2)17-15(18)5-4-6-16(17)19/h4-6,12-14H,3,7-11,20H2,1-2H3. The summed E-state index contributed by atoms with van der Waals surface area (Å²) in [7, 11) is 0. The van der Waals surface area contributed by atoms with Gasteiger partial charge in [-0.1, -0.05) is 13.0 Å². The lowest BCUT2D eigenvalue weighted by atomic mass is 9.89. The lowest BCUT2D eigenvalue weighted by molar-refractivity contribution is 0.104. The first-order chi connectivity index (χ1) is 10.0. The van der Waals surface area contributed by atoms with Crippen LogP contribution >= 0.6 is 0 Å². The van der Waals surface area contributed by atoms with Gasteiger partial charge in [-0.2, -0.15) is 0 Å². The van der Waals surface area contributed by atoms with Gasteiger partial charge in [0.25, 0.3) is 0 Å². The van der Waals surface area contributed by atoms with E-state index < -0.39 is 11.6 Å². The number of hydrogen-bond donors (Lipinski definition) is 1. The Hall–Kier alpha value is -1.00. The van der Waals surface area contributed by atoms with Crippen LogP contribution in [0.4, 0.5) is 8.78 Å². The average molecular weight is 296 g/mol. The Morgan fingerprint density at radius 3 is 2.29 bits per heavy atom. The fourth-order valence-corrected chi connectivity index (χ4v) is 3.46. The summed E-state index contributed by atoms with van der Waals surface area (Å²) < 4.78 is 28.1. The summed E-state index contributed by atoms with van der Waals surface area (Å²) in [5, 5.41) is 0. The fourth-order valence-electron chi connectivity index (χ4n) is 3.46. The molecule has 1 unspecified atom stereocenters. The van der Waals surface area contributed by atoms with Gasteiger partial charge in [-0.05, 0) is 57.7 Å². The monoisotopic (exact) mass is 296 g/mol. The van der Waals surface area contributed by atoms with Crippen molar-refractivity contribution in [3.8, 4) is 0 Å². The highest BCUT2D eigenvalue weighted by molar-refractivity contribution is 5.23. The molecular weight excluding hydrogens is 270 g/mol. The second kappa shape index (κ2) is 7.32. The third-order valence-corrected chi connectivity index (χ3v) is 4.61. The molecule has 1 fully saturated rings. The van der Waals surface area contributed by atoms with E-state index in [2.05, 4.69) is 11.8 Å². The van der Waals surface area contributed by atoms with Crippen LogP contribution in [0.25, 0.3) is 0 Å². The molecule has 1 aliphatic rings. The van der Waals surface area contributed by atoms with Crippen LogP contribution in [-0.2, 0) is 0 Å². The molecule has 0 heterocycles. The van der Waals surface area contributed by atoms with Crippen molar-refractivity contribution in [3.63, 3.8) is 0 Å². The van der Waals surface area contributed by atoms with E-state index in [9.17, 15) is 8.78 Å². The molecule has 2 nitrogen and oxygen atoms in total. The molecule has 1 aliphatic carbocycles. The molecular formula is C17H26F2N2. The van der Waals surface area contributed by atoms with Gasteiger partial charge in [-0.25, -0.2) is 8.78 Å². The molecule has 0 amide bonds. The van der Waals surface area contributed by atoms with Crippen LogP contribution in [-0.4, -0.2) is 23.5 Å². The molecule has 2 N–H and O–H groups in total. The van der Waals surface area contributed by atoms with Crippen LogP contribution in [0.2, 0.25) is 0 Å². The van der Waals surface area contributed by atoms with Gasteiger partial charge >= 0.3 is 0 Å². The first-order valence-corrected chi connectivity index (χ1v) is 7.99. The van der Waals surface area contributed by atoms with Crippen LogP contribution in [0.1, 0.15) is 57.6 Å². The number of rotatable bonds is 5. The van der Waals surface area contributed by atoms with Crippen LogP contribution in [0.15, 0.2) is 18.2 Å². The molecule has 0 bridgehead atoms. The largest absolute Gasteiger partial charge is 0.328 e. The van der Waals surface area contributed by atoms with Crippen LogP contribution in [0.3, 0.4) is 0 Å². The summed E-state index contributed by atoms with van der Waals surface area (Å²) in [5.41, 5.74) is 6.16. The predicted molar refractivity (Wildman–Crippen MR) is 82.0 cm³/mol. The van der Waals surface area contributed by atoms with E-state index in [4.69, 9.17) is 5.73 Å². The van der Waals surface area contributed by atoms with E-state index in [1.54, 1.807) is 0 Å². The minimum atomic E-state index is -0.448. The molecule has 4 heteroatoms. The van der Waals surface area contributed by atoms with E-state index in [1.165, 1.54) is 18.2 Å². The number of halogens is 2. The second-order valence-corrected chi connectivity index (χ2v) is 6.12. The summed E-state index contributed by atoms with van der Waals surface area (Å²) in [6.45, 7) is 4.87.